The molecular formula is C50H62F2N16O19P2. The standard InChI is InChI=1S/C50H62F2N16O19P2/c1-24(2)37(65-32(71)11-13-66-33(72)9-10-34(66)73)29(70)14-26(4-3-12-55-49(54)75)46(74)64-27-7-5-25(6-8-27)17-81-50(76)57-16-28(69)15-56-43-39-45(61-21-59-43)68(23-63-39)48-36(52)41-31(85-48)19-83-88(77,78)86-40-30(18-82-89(79,80)87-41)84-47(35(40)51)67-22-62-38-42(53)58-20-60-44(38)67/h5-10,20-24,26,28,30-31,35-37,40-41,47-48,69H,3-4,11-19H2,1-2H3,(H,57,76)(H,64,74)(H,65,71)(H,77,78)(H,79,80)(H2,53,58,60)(H3,54,55,75)(H,56,59,61)/t26-,28?,30-,31-,35-,36-,37+,40-,41-,47-,48-/m1/s1. The number of anilines is 3. The van der Waals surface area contributed by atoms with Crippen LogP contribution >= 0.6 is 15.6 Å². The zero-order valence-electron chi connectivity index (χ0n) is 47.2. The van der Waals surface area contributed by atoms with Crippen LogP contribution in [0.4, 0.5) is 35.7 Å². The number of aliphatic hydroxyl groups is 1. The number of carbonyl (C=O) groups is 7. The Labute approximate surface area is 502 Å². The number of alkyl halides is 2. The number of hydrogen-bond acceptors (Lipinski definition) is 25. The number of imidazole rings is 2. The second kappa shape index (κ2) is 28.2. The van der Waals surface area contributed by atoms with E-state index >= 15 is 8.78 Å². The van der Waals surface area contributed by atoms with Gasteiger partial charge in [-0.25, -0.2) is 57.4 Å². The number of aromatic nitrogens is 8. The number of aliphatic hydroxyl groups excluding tert-OH is 1. The lowest BCUT2D eigenvalue weighted by atomic mass is 9.89. The van der Waals surface area contributed by atoms with Crippen LogP contribution in [-0.2, 0) is 72.0 Å². The van der Waals surface area contributed by atoms with Crippen molar-refractivity contribution in [1.29, 1.82) is 0 Å². The highest BCUT2D eigenvalue weighted by Crippen LogP contribution is 2.54. The van der Waals surface area contributed by atoms with Gasteiger partial charge in [0.05, 0.1) is 38.0 Å². The molecule has 0 bridgehead atoms. The number of hydrogen-bond donors (Lipinski definition) is 10. The van der Waals surface area contributed by atoms with Crippen molar-refractivity contribution < 1.29 is 98.7 Å². The minimum atomic E-state index is -5.30. The van der Waals surface area contributed by atoms with Crippen LogP contribution in [0.15, 0.2) is 61.7 Å². The number of ketones is 1. The number of imide groups is 1. The number of urea groups is 1. The molecule has 89 heavy (non-hydrogen) atoms. The number of alkyl carbamates (subject to hydrolysis) is 1. The van der Waals surface area contributed by atoms with Gasteiger partial charge in [0.2, 0.25) is 11.8 Å². The third kappa shape index (κ3) is 16.0. The molecule has 0 spiro atoms. The summed E-state index contributed by atoms with van der Waals surface area (Å²) >= 11 is 0. The fourth-order valence-corrected chi connectivity index (χ4v) is 11.8. The Morgan fingerprint density at radius 2 is 1.39 bits per heavy atom. The van der Waals surface area contributed by atoms with Crippen LogP contribution < -0.4 is 38.1 Å². The zero-order chi connectivity index (χ0) is 63.9. The number of fused-ring (bicyclic) bond motifs is 4. The molecule has 35 nitrogen and oxygen atoms in total. The number of nitrogens with zero attached hydrogens (tertiary/aromatic N) is 9. The first kappa shape index (κ1) is 65.4. The second-order valence-corrected chi connectivity index (χ2v) is 23.8. The molecule has 7 amide bonds. The van der Waals surface area contributed by atoms with Gasteiger partial charge in [-0.05, 0) is 36.5 Å². The number of carbonyl (C=O) groups excluding carboxylic acids is 7. The predicted molar refractivity (Wildman–Crippen MR) is 299 cm³/mol. The van der Waals surface area contributed by atoms with Crippen molar-refractivity contribution in [3.05, 3.63) is 67.3 Å². The van der Waals surface area contributed by atoms with Crippen LogP contribution in [0.3, 0.4) is 0 Å². The summed E-state index contributed by atoms with van der Waals surface area (Å²) in [7, 11) is -10.6. The van der Waals surface area contributed by atoms with E-state index in [1.807, 2.05) is 0 Å². The smallest absolute Gasteiger partial charge is 0.445 e. The largest absolute Gasteiger partial charge is 0.472 e. The van der Waals surface area contributed by atoms with E-state index in [0.717, 1.165) is 51.5 Å². The molecule has 12 N–H and O–H groups in total. The normalized spacial score (nSPS) is 26.4. The van der Waals surface area contributed by atoms with Gasteiger partial charge >= 0.3 is 27.8 Å². The minimum Gasteiger partial charge on any atom is -0.445 e. The SMILES string of the molecule is CC(C)[C@H](NC(=O)CCN1C(=O)C=CC1=O)C(=O)C[C@@H](CCCNC(N)=O)C(=O)Nc1ccc(COC(=O)NCC(O)CNc2ncnc3c2ncn3[C@@H]2O[C@@H]3COP(=O)(O)O[C@H]4[C@@H](F)[C@H](n5cnc6c(N)ncnc65)O[C@@H]4COP(=O)(O)O[C@H]3[C@H]2F)cc1. The Balaban J connectivity index is 0.742. The number of Topliss-reactive ketones (excluding diaryl/α,β-unsaturated/α-hetero) is 1. The highest BCUT2D eigenvalue weighted by molar-refractivity contribution is 7.47. The van der Waals surface area contributed by atoms with Crippen LogP contribution in [0.5, 0.6) is 0 Å². The van der Waals surface area contributed by atoms with E-state index in [9.17, 15) is 57.6 Å². The summed E-state index contributed by atoms with van der Waals surface area (Å²) in [4.78, 5) is 135. The fraction of sp³-hybridized carbons (Fsp3) is 0.500. The first-order valence-corrected chi connectivity index (χ1v) is 30.5. The molecule has 13 atom stereocenters. The lowest BCUT2D eigenvalue weighted by molar-refractivity contribution is -0.137. The Bertz CT molecular complexity index is 3570. The summed E-state index contributed by atoms with van der Waals surface area (Å²) in [6, 6.07) is 4.41. The summed E-state index contributed by atoms with van der Waals surface area (Å²) in [6.45, 7) is 0.517. The van der Waals surface area contributed by atoms with Crippen LogP contribution in [0.25, 0.3) is 22.3 Å². The molecule has 8 heterocycles. The number of primary amides is 1. The molecule has 4 aromatic heterocycles. The molecule has 3 fully saturated rings. The van der Waals surface area contributed by atoms with E-state index in [1.54, 1.807) is 26.0 Å². The molecule has 3 saturated heterocycles. The molecule has 0 radical (unpaired) electrons. The van der Waals surface area contributed by atoms with Crippen LogP contribution in [0.2, 0.25) is 0 Å². The topological polar surface area (TPSA) is 482 Å². The van der Waals surface area contributed by atoms with Crippen molar-refractivity contribution >= 4 is 96.8 Å². The molecule has 0 saturated carbocycles. The lowest BCUT2D eigenvalue weighted by Crippen LogP contribution is -2.46. The van der Waals surface area contributed by atoms with E-state index in [-0.39, 0.29) is 92.4 Å². The van der Waals surface area contributed by atoms with E-state index in [2.05, 4.69) is 56.5 Å². The number of benzene rings is 1. The maximum Gasteiger partial charge on any atom is 0.472 e. The number of phosphoric acid groups is 2. The Hall–Kier alpha value is -8.09. The number of halogens is 2. The number of amides is 7. The average molecular weight is 1290 g/mol. The number of nitrogens with two attached hydrogens (primary N) is 2. The van der Waals surface area contributed by atoms with E-state index < -0.39 is 144 Å². The summed E-state index contributed by atoms with van der Waals surface area (Å²) in [5.74, 6) is -4.02. The van der Waals surface area contributed by atoms with Crippen LogP contribution in [0.1, 0.15) is 57.6 Å². The second-order valence-electron chi connectivity index (χ2n) is 21.0. The highest BCUT2D eigenvalue weighted by Gasteiger charge is 2.55. The van der Waals surface area contributed by atoms with Gasteiger partial charge in [0.15, 0.2) is 59.0 Å². The van der Waals surface area contributed by atoms with Gasteiger partial charge < -0.3 is 67.2 Å². The molecule has 1 aromatic carbocycles. The van der Waals surface area contributed by atoms with Crippen molar-refractivity contribution in [3.8, 4) is 0 Å². The summed E-state index contributed by atoms with van der Waals surface area (Å²) in [6.07, 6.45) is -11.2. The van der Waals surface area contributed by atoms with Gasteiger partial charge in [-0.15, -0.1) is 0 Å². The Morgan fingerprint density at radius 3 is 1.99 bits per heavy atom. The number of rotatable bonds is 23. The van der Waals surface area contributed by atoms with Crippen molar-refractivity contribution in [2.24, 2.45) is 17.6 Å². The first-order chi connectivity index (χ1) is 42.3. The first-order valence-electron chi connectivity index (χ1n) is 27.5. The molecule has 4 aliphatic heterocycles. The van der Waals surface area contributed by atoms with E-state index in [4.69, 9.17) is 43.8 Å². The van der Waals surface area contributed by atoms with Crippen LogP contribution in [0, 0.1) is 11.8 Å². The van der Waals surface area contributed by atoms with Crippen LogP contribution in [-0.4, -0.2) is 189 Å². The highest BCUT2D eigenvalue weighted by atomic mass is 31.2. The van der Waals surface area contributed by atoms with Crippen molar-refractivity contribution in [2.45, 2.75) is 107 Å². The molecule has 5 aromatic rings. The molecular weight excluding hydrogens is 1230 g/mol. The number of nitrogens with one attached hydrogen (secondary N) is 5. The predicted octanol–water partition coefficient (Wildman–Crippen LogP) is 0.855. The quantitative estimate of drug-likeness (QED) is 0.0246. The maximum atomic E-state index is 16.6. The zero-order valence-corrected chi connectivity index (χ0v) is 49.0. The van der Waals surface area contributed by atoms with Crippen molar-refractivity contribution in [3.63, 3.8) is 0 Å². The molecule has 3 unspecified atom stereocenters. The van der Waals surface area contributed by atoms with Crippen molar-refractivity contribution in [2.75, 3.05) is 55.8 Å². The summed E-state index contributed by atoms with van der Waals surface area (Å²) in [5.41, 5.74) is 11.9. The van der Waals surface area contributed by atoms with Gasteiger partial charge in [-0.1, -0.05) is 26.0 Å². The average Bonchev–Trinajstić information content (AvgIpc) is 1.66. The Morgan fingerprint density at radius 1 is 0.809 bits per heavy atom. The third-order valence-corrected chi connectivity index (χ3v) is 16.3. The number of nitrogen functional groups attached to an aromatic ring is 1. The maximum absolute atomic E-state index is 16.6. The monoisotopic (exact) mass is 1290 g/mol. The Kier molecular flexibility index (Phi) is 20.7. The molecule has 9 rings (SSSR count). The summed E-state index contributed by atoms with van der Waals surface area (Å²) < 4.78 is 99.2. The van der Waals surface area contributed by atoms with Crippen molar-refractivity contribution in [1.82, 2.24) is 59.9 Å². The number of ether oxygens (including phenoxy) is 3. The molecule has 480 valence electrons. The van der Waals surface area contributed by atoms with Gasteiger partial charge in [0.1, 0.15) is 49.2 Å². The fourth-order valence-electron chi connectivity index (χ4n) is 9.89. The van der Waals surface area contributed by atoms with Gasteiger partial charge in [0.25, 0.3) is 11.8 Å². The molecule has 39 heteroatoms. The molecule has 4 aliphatic rings. The van der Waals surface area contributed by atoms with Gasteiger partial charge in [-0.2, -0.15) is 0 Å². The van der Waals surface area contributed by atoms with Gasteiger partial charge in [0, 0.05) is 62.8 Å². The van der Waals surface area contributed by atoms with Gasteiger partial charge in [-0.3, -0.25) is 56.1 Å². The van der Waals surface area contributed by atoms with E-state index in [0.29, 0.717) is 11.3 Å². The van der Waals surface area contributed by atoms with E-state index in [1.165, 1.54) is 12.1 Å². The minimum absolute atomic E-state index is 0.0122. The number of phosphoric ester groups is 2. The summed E-state index contributed by atoms with van der Waals surface area (Å²) in [5, 5.41) is 23.9. The lowest BCUT2D eigenvalue weighted by Gasteiger charge is -2.27. The third-order valence-electron chi connectivity index (χ3n) is 14.4. The molecule has 0 aliphatic carbocycles.